The van der Waals surface area contributed by atoms with Crippen LogP contribution < -0.4 is 4.74 Å². The number of hydrogen-bond donors (Lipinski definition) is 0. The van der Waals surface area contributed by atoms with Crippen LogP contribution in [-0.4, -0.2) is 35.3 Å². The van der Waals surface area contributed by atoms with Crippen molar-refractivity contribution in [3.63, 3.8) is 0 Å². The van der Waals surface area contributed by atoms with Gasteiger partial charge in [-0.05, 0) is 32.0 Å². The SMILES string of the molecule is CCN(CCBr)C(=O)C(C)Oc1cccc(Cl)c1. The van der Waals surface area contributed by atoms with Crippen molar-refractivity contribution >= 4 is 33.4 Å². The molecular formula is C13H17BrClNO2. The van der Waals surface area contributed by atoms with Crippen LogP contribution in [0.25, 0.3) is 0 Å². The van der Waals surface area contributed by atoms with Gasteiger partial charge < -0.3 is 9.64 Å². The van der Waals surface area contributed by atoms with E-state index in [9.17, 15) is 4.79 Å². The van der Waals surface area contributed by atoms with Crippen LogP contribution >= 0.6 is 27.5 Å². The predicted molar refractivity (Wildman–Crippen MR) is 77.6 cm³/mol. The van der Waals surface area contributed by atoms with Gasteiger partial charge in [0.25, 0.3) is 5.91 Å². The fourth-order valence-corrected chi connectivity index (χ4v) is 2.19. The van der Waals surface area contributed by atoms with E-state index in [0.717, 1.165) is 5.33 Å². The normalized spacial score (nSPS) is 12.0. The second-order valence-electron chi connectivity index (χ2n) is 3.82. The number of rotatable bonds is 6. The molecule has 0 spiro atoms. The summed E-state index contributed by atoms with van der Waals surface area (Å²) in [6.45, 7) is 5.05. The van der Waals surface area contributed by atoms with Crippen molar-refractivity contribution in [3.05, 3.63) is 29.3 Å². The maximum Gasteiger partial charge on any atom is 0.263 e. The quantitative estimate of drug-likeness (QED) is 0.747. The molecule has 0 saturated carbocycles. The smallest absolute Gasteiger partial charge is 0.263 e. The van der Waals surface area contributed by atoms with Gasteiger partial charge in [-0.25, -0.2) is 0 Å². The molecule has 5 heteroatoms. The summed E-state index contributed by atoms with van der Waals surface area (Å²) in [6, 6.07) is 7.05. The van der Waals surface area contributed by atoms with E-state index in [1.54, 1.807) is 36.1 Å². The molecular weight excluding hydrogens is 318 g/mol. The number of nitrogens with zero attached hydrogens (tertiary/aromatic N) is 1. The lowest BCUT2D eigenvalue weighted by Crippen LogP contribution is -2.41. The van der Waals surface area contributed by atoms with Crippen LogP contribution in [0.2, 0.25) is 5.02 Å². The molecule has 0 saturated heterocycles. The lowest BCUT2D eigenvalue weighted by atomic mass is 10.3. The highest BCUT2D eigenvalue weighted by atomic mass is 79.9. The van der Waals surface area contributed by atoms with Gasteiger partial charge in [-0.2, -0.15) is 0 Å². The summed E-state index contributed by atoms with van der Waals surface area (Å²) in [5, 5.41) is 1.36. The molecule has 0 bridgehead atoms. The minimum Gasteiger partial charge on any atom is -0.481 e. The van der Waals surface area contributed by atoms with Gasteiger partial charge in [0.05, 0.1) is 0 Å². The third-order valence-corrected chi connectivity index (χ3v) is 3.09. The van der Waals surface area contributed by atoms with Gasteiger partial charge >= 0.3 is 0 Å². The Bertz CT molecular complexity index is 400. The van der Waals surface area contributed by atoms with E-state index in [2.05, 4.69) is 15.9 Å². The lowest BCUT2D eigenvalue weighted by Gasteiger charge is -2.24. The van der Waals surface area contributed by atoms with Gasteiger partial charge in [0, 0.05) is 23.4 Å². The van der Waals surface area contributed by atoms with Crippen molar-refractivity contribution in [1.29, 1.82) is 0 Å². The van der Waals surface area contributed by atoms with E-state index >= 15 is 0 Å². The minimum absolute atomic E-state index is 0.0167. The van der Waals surface area contributed by atoms with Crippen molar-refractivity contribution in [2.75, 3.05) is 18.4 Å². The Labute approximate surface area is 121 Å². The Morgan fingerprint density at radius 1 is 1.56 bits per heavy atom. The Hall–Kier alpha value is -0.740. The zero-order valence-corrected chi connectivity index (χ0v) is 12.9. The second-order valence-corrected chi connectivity index (χ2v) is 5.05. The van der Waals surface area contributed by atoms with Crippen LogP contribution in [0.3, 0.4) is 0 Å². The molecule has 100 valence electrons. The first-order valence-electron chi connectivity index (χ1n) is 5.85. The molecule has 1 aromatic carbocycles. The molecule has 1 rings (SSSR count). The van der Waals surface area contributed by atoms with Gasteiger partial charge in [-0.1, -0.05) is 33.6 Å². The molecule has 0 radical (unpaired) electrons. The summed E-state index contributed by atoms with van der Waals surface area (Å²) in [7, 11) is 0. The average Bonchev–Trinajstić information content (AvgIpc) is 2.35. The van der Waals surface area contributed by atoms with Crippen molar-refractivity contribution in [2.24, 2.45) is 0 Å². The third kappa shape index (κ3) is 4.50. The number of ether oxygens (including phenoxy) is 1. The predicted octanol–water partition coefficient (Wildman–Crippen LogP) is 3.35. The zero-order valence-electron chi connectivity index (χ0n) is 10.5. The van der Waals surface area contributed by atoms with E-state index < -0.39 is 6.10 Å². The summed E-state index contributed by atoms with van der Waals surface area (Å²) < 4.78 is 5.60. The van der Waals surface area contributed by atoms with Gasteiger partial charge in [-0.3, -0.25) is 4.79 Å². The van der Waals surface area contributed by atoms with Gasteiger partial charge in [0.1, 0.15) is 5.75 Å². The first kappa shape index (κ1) is 15.3. The van der Waals surface area contributed by atoms with Crippen molar-refractivity contribution in [3.8, 4) is 5.75 Å². The Morgan fingerprint density at radius 3 is 2.83 bits per heavy atom. The van der Waals surface area contributed by atoms with Crippen molar-refractivity contribution in [1.82, 2.24) is 4.90 Å². The summed E-state index contributed by atoms with van der Waals surface area (Å²) in [4.78, 5) is 13.9. The first-order valence-corrected chi connectivity index (χ1v) is 7.35. The van der Waals surface area contributed by atoms with Crippen LogP contribution in [0.15, 0.2) is 24.3 Å². The van der Waals surface area contributed by atoms with Crippen molar-refractivity contribution < 1.29 is 9.53 Å². The summed E-state index contributed by atoms with van der Waals surface area (Å²) >= 11 is 9.20. The monoisotopic (exact) mass is 333 g/mol. The molecule has 0 aliphatic carbocycles. The molecule has 0 aromatic heterocycles. The summed E-state index contributed by atoms with van der Waals surface area (Å²) in [5.41, 5.74) is 0. The van der Waals surface area contributed by atoms with Crippen molar-refractivity contribution in [2.45, 2.75) is 20.0 Å². The van der Waals surface area contributed by atoms with E-state index in [0.29, 0.717) is 23.9 Å². The van der Waals surface area contributed by atoms with Gasteiger partial charge in [0.15, 0.2) is 6.10 Å². The summed E-state index contributed by atoms with van der Waals surface area (Å²) in [6.07, 6.45) is -0.512. The lowest BCUT2D eigenvalue weighted by molar-refractivity contribution is -0.137. The van der Waals surface area contributed by atoms with E-state index in [4.69, 9.17) is 16.3 Å². The highest BCUT2D eigenvalue weighted by Gasteiger charge is 2.20. The largest absolute Gasteiger partial charge is 0.481 e. The standard InChI is InChI=1S/C13H17BrClNO2/c1-3-16(8-7-14)13(17)10(2)18-12-6-4-5-11(15)9-12/h4-6,9-10H,3,7-8H2,1-2H3. The van der Waals surface area contributed by atoms with Crippen LogP contribution in [0.4, 0.5) is 0 Å². The van der Waals surface area contributed by atoms with Crippen LogP contribution in [0, 0.1) is 0 Å². The number of amides is 1. The van der Waals surface area contributed by atoms with Gasteiger partial charge in [-0.15, -0.1) is 0 Å². The highest BCUT2D eigenvalue weighted by Crippen LogP contribution is 2.18. The Kier molecular flexibility index (Phi) is 6.50. The minimum atomic E-state index is -0.512. The van der Waals surface area contributed by atoms with E-state index in [1.807, 2.05) is 6.92 Å². The molecule has 1 aromatic rings. The first-order chi connectivity index (χ1) is 8.58. The fourth-order valence-electron chi connectivity index (χ4n) is 1.58. The van der Waals surface area contributed by atoms with Crippen LogP contribution in [0.1, 0.15) is 13.8 Å². The van der Waals surface area contributed by atoms with E-state index in [1.165, 1.54) is 0 Å². The molecule has 18 heavy (non-hydrogen) atoms. The molecule has 0 heterocycles. The van der Waals surface area contributed by atoms with Gasteiger partial charge in [0.2, 0.25) is 0 Å². The second kappa shape index (κ2) is 7.64. The van der Waals surface area contributed by atoms with Crippen LogP contribution in [0.5, 0.6) is 5.75 Å². The summed E-state index contributed by atoms with van der Waals surface area (Å²) in [5.74, 6) is 0.593. The number of halogens is 2. The number of alkyl halides is 1. The van der Waals surface area contributed by atoms with E-state index in [-0.39, 0.29) is 5.91 Å². The molecule has 1 unspecified atom stereocenters. The number of carbonyl (C=O) groups is 1. The molecule has 1 atom stereocenters. The topological polar surface area (TPSA) is 29.5 Å². The van der Waals surface area contributed by atoms with Crippen LogP contribution in [-0.2, 0) is 4.79 Å². The number of benzene rings is 1. The third-order valence-electron chi connectivity index (χ3n) is 2.50. The molecule has 0 N–H and O–H groups in total. The zero-order chi connectivity index (χ0) is 13.5. The highest BCUT2D eigenvalue weighted by molar-refractivity contribution is 9.09. The molecule has 0 aliphatic heterocycles. The average molecular weight is 335 g/mol. The molecule has 1 amide bonds. The maximum atomic E-state index is 12.1. The molecule has 3 nitrogen and oxygen atoms in total. The molecule has 0 aliphatic rings. The Morgan fingerprint density at radius 2 is 2.28 bits per heavy atom. The molecule has 0 fully saturated rings. The maximum absolute atomic E-state index is 12.1. The number of carbonyl (C=O) groups excluding carboxylic acids is 1. The fraction of sp³-hybridized carbons (Fsp3) is 0.462. The number of hydrogen-bond acceptors (Lipinski definition) is 2. The number of likely N-dealkylation sites (N-methyl/N-ethyl adjacent to an activating group) is 1. The Balaban J connectivity index is 2.64.